The lowest BCUT2D eigenvalue weighted by atomic mass is 9.95. The standard InChI is InChI=1S/C20H21N3O/c24-20(19-7-3-5-17-4-1-2-6-18(17)19)23-11-8-16(9-12-23)14-22-13-10-21-15-22/h1-7,10,13,15-16H,8-9,11-12,14H2. The Morgan fingerprint density at radius 3 is 2.67 bits per heavy atom. The highest BCUT2D eigenvalue weighted by Gasteiger charge is 2.24. The highest BCUT2D eigenvalue weighted by molar-refractivity contribution is 6.07. The first-order valence-electron chi connectivity index (χ1n) is 8.54. The Labute approximate surface area is 141 Å². The summed E-state index contributed by atoms with van der Waals surface area (Å²) >= 11 is 0. The first kappa shape index (κ1) is 14.9. The van der Waals surface area contributed by atoms with Crippen molar-refractivity contribution in [3.8, 4) is 0 Å². The number of aromatic nitrogens is 2. The maximum absolute atomic E-state index is 12.9. The molecule has 2 aromatic carbocycles. The topological polar surface area (TPSA) is 38.1 Å². The number of carbonyl (C=O) groups excluding carboxylic acids is 1. The molecule has 1 saturated heterocycles. The van der Waals surface area contributed by atoms with Crippen molar-refractivity contribution in [2.24, 2.45) is 5.92 Å². The second-order valence-corrected chi connectivity index (χ2v) is 6.52. The lowest BCUT2D eigenvalue weighted by Gasteiger charge is -2.32. The van der Waals surface area contributed by atoms with Gasteiger partial charge in [0, 0.05) is 37.6 Å². The van der Waals surface area contributed by atoms with Gasteiger partial charge < -0.3 is 9.47 Å². The summed E-state index contributed by atoms with van der Waals surface area (Å²) in [6.45, 7) is 2.67. The molecule has 0 saturated carbocycles. The van der Waals surface area contributed by atoms with Crippen LogP contribution in [0.3, 0.4) is 0 Å². The van der Waals surface area contributed by atoms with Crippen molar-refractivity contribution >= 4 is 16.7 Å². The molecule has 0 radical (unpaired) electrons. The maximum Gasteiger partial charge on any atom is 0.254 e. The van der Waals surface area contributed by atoms with Crippen molar-refractivity contribution in [3.63, 3.8) is 0 Å². The number of hydrogen-bond acceptors (Lipinski definition) is 2. The number of piperidine rings is 1. The minimum Gasteiger partial charge on any atom is -0.339 e. The quantitative estimate of drug-likeness (QED) is 0.740. The fourth-order valence-corrected chi connectivity index (χ4v) is 3.59. The molecule has 0 N–H and O–H groups in total. The van der Waals surface area contributed by atoms with Crippen molar-refractivity contribution in [2.45, 2.75) is 19.4 Å². The van der Waals surface area contributed by atoms with Crippen LogP contribution in [-0.2, 0) is 6.54 Å². The average Bonchev–Trinajstić information content (AvgIpc) is 3.14. The lowest BCUT2D eigenvalue weighted by Crippen LogP contribution is -2.39. The molecule has 0 spiro atoms. The second kappa shape index (κ2) is 6.48. The van der Waals surface area contributed by atoms with Gasteiger partial charge in [-0.25, -0.2) is 4.98 Å². The molecule has 1 aliphatic heterocycles. The summed E-state index contributed by atoms with van der Waals surface area (Å²) in [5, 5.41) is 2.17. The van der Waals surface area contributed by atoms with Gasteiger partial charge in [-0.15, -0.1) is 0 Å². The zero-order valence-electron chi connectivity index (χ0n) is 13.6. The lowest BCUT2D eigenvalue weighted by molar-refractivity contribution is 0.0685. The summed E-state index contributed by atoms with van der Waals surface area (Å²) in [7, 11) is 0. The zero-order chi connectivity index (χ0) is 16.4. The van der Waals surface area contributed by atoms with Crippen LogP contribution in [0.4, 0.5) is 0 Å². The van der Waals surface area contributed by atoms with Gasteiger partial charge in [-0.1, -0.05) is 36.4 Å². The number of benzene rings is 2. The number of fused-ring (bicyclic) bond motifs is 1. The van der Waals surface area contributed by atoms with Gasteiger partial charge in [-0.05, 0) is 35.6 Å². The van der Waals surface area contributed by atoms with Crippen LogP contribution in [0.5, 0.6) is 0 Å². The third kappa shape index (κ3) is 2.92. The molecule has 3 aromatic rings. The number of hydrogen-bond donors (Lipinski definition) is 0. The molecule has 1 aromatic heterocycles. The maximum atomic E-state index is 12.9. The molecule has 0 atom stereocenters. The van der Waals surface area contributed by atoms with E-state index >= 15 is 0 Å². The van der Waals surface area contributed by atoms with E-state index in [1.165, 1.54) is 0 Å². The number of carbonyl (C=O) groups is 1. The van der Waals surface area contributed by atoms with Gasteiger partial charge in [0.15, 0.2) is 0 Å². The van der Waals surface area contributed by atoms with Crippen LogP contribution in [0.1, 0.15) is 23.2 Å². The van der Waals surface area contributed by atoms with Crippen LogP contribution in [0, 0.1) is 5.92 Å². The molecule has 4 nitrogen and oxygen atoms in total. The van der Waals surface area contributed by atoms with Crippen molar-refractivity contribution in [1.82, 2.24) is 14.5 Å². The largest absolute Gasteiger partial charge is 0.339 e. The van der Waals surface area contributed by atoms with Crippen LogP contribution < -0.4 is 0 Å². The van der Waals surface area contributed by atoms with E-state index in [4.69, 9.17) is 0 Å². The van der Waals surface area contributed by atoms with Crippen molar-refractivity contribution < 1.29 is 4.79 Å². The van der Waals surface area contributed by atoms with Crippen molar-refractivity contribution in [2.75, 3.05) is 13.1 Å². The van der Waals surface area contributed by atoms with Gasteiger partial charge in [0.25, 0.3) is 5.91 Å². The number of imidazole rings is 1. The van der Waals surface area contributed by atoms with Gasteiger partial charge >= 0.3 is 0 Å². The monoisotopic (exact) mass is 319 g/mol. The normalized spacial score (nSPS) is 15.8. The number of nitrogens with zero attached hydrogens (tertiary/aromatic N) is 3. The van der Waals surface area contributed by atoms with Gasteiger partial charge in [0.1, 0.15) is 0 Å². The Balaban J connectivity index is 1.46. The highest BCUT2D eigenvalue weighted by Crippen LogP contribution is 2.24. The predicted octanol–water partition coefficient (Wildman–Crippen LogP) is 3.59. The zero-order valence-corrected chi connectivity index (χ0v) is 13.6. The molecule has 122 valence electrons. The fourth-order valence-electron chi connectivity index (χ4n) is 3.59. The average molecular weight is 319 g/mol. The summed E-state index contributed by atoms with van der Waals surface area (Å²) in [4.78, 5) is 19.1. The van der Waals surface area contributed by atoms with E-state index in [0.717, 1.165) is 48.8 Å². The van der Waals surface area contributed by atoms with E-state index in [-0.39, 0.29) is 5.91 Å². The summed E-state index contributed by atoms with van der Waals surface area (Å²) < 4.78 is 2.13. The van der Waals surface area contributed by atoms with E-state index < -0.39 is 0 Å². The molecule has 24 heavy (non-hydrogen) atoms. The number of amides is 1. The molecule has 4 heteroatoms. The third-order valence-corrected chi connectivity index (χ3v) is 4.95. The summed E-state index contributed by atoms with van der Waals surface area (Å²) in [6, 6.07) is 14.1. The van der Waals surface area contributed by atoms with Crippen LogP contribution >= 0.6 is 0 Å². The molecule has 2 heterocycles. The number of rotatable bonds is 3. The van der Waals surface area contributed by atoms with Gasteiger partial charge in [0.2, 0.25) is 0 Å². The van der Waals surface area contributed by atoms with Crippen LogP contribution in [0.25, 0.3) is 10.8 Å². The van der Waals surface area contributed by atoms with E-state index in [1.807, 2.05) is 54.0 Å². The van der Waals surface area contributed by atoms with Gasteiger partial charge in [-0.2, -0.15) is 0 Å². The Morgan fingerprint density at radius 1 is 1.08 bits per heavy atom. The van der Waals surface area contributed by atoms with Crippen LogP contribution in [0.2, 0.25) is 0 Å². The van der Waals surface area contributed by atoms with E-state index in [2.05, 4.69) is 21.7 Å². The van der Waals surface area contributed by atoms with Gasteiger partial charge in [-0.3, -0.25) is 4.79 Å². The molecule has 1 fully saturated rings. The summed E-state index contributed by atoms with van der Waals surface area (Å²) in [5.41, 5.74) is 0.821. The molecule has 0 aliphatic carbocycles. The Morgan fingerprint density at radius 2 is 1.88 bits per heavy atom. The predicted molar refractivity (Wildman–Crippen MR) is 94.8 cm³/mol. The first-order valence-corrected chi connectivity index (χ1v) is 8.54. The second-order valence-electron chi connectivity index (χ2n) is 6.52. The van der Waals surface area contributed by atoms with Crippen molar-refractivity contribution in [1.29, 1.82) is 0 Å². The van der Waals surface area contributed by atoms with Crippen LogP contribution in [-0.4, -0.2) is 33.4 Å². The minimum atomic E-state index is 0.160. The Bertz CT molecular complexity index is 828. The van der Waals surface area contributed by atoms with Gasteiger partial charge in [0.05, 0.1) is 6.33 Å². The molecule has 4 rings (SSSR count). The minimum absolute atomic E-state index is 0.160. The van der Waals surface area contributed by atoms with Crippen LogP contribution in [0.15, 0.2) is 61.2 Å². The molecule has 1 aliphatic rings. The third-order valence-electron chi connectivity index (χ3n) is 4.95. The van der Waals surface area contributed by atoms with E-state index in [9.17, 15) is 4.79 Å². The SMILES string of the molecule is O=C(c1cccc2ccccc12)N1CCC(Cn2ccnc2)CC1. The summed E-state index contributed by atoms with van der Waals surface area (Å²) in [6.07, 6.45) is 7.80. The fraction of sp³-hybridized carbons (Fsp3) is 0.300. The summed E-state index contributed by atoms with van der Waals surface area (Å²) in [5.74, 6) is 0.781. The Kier molecular flexibility index (Phi) is 4.03. The highest BCUT2D eigenvalue weighted by atomic mass is 16.2. The smallest absolute Gasteiger partial charge is 0.254 e. The molecule has 0 unspecified atom stereocenters. The number of likely N-dealkylation sites (tertiary alicyclic amines) is 1. The van der Waals surface area contributed by atoms with Crippen molar-refractivity contribution in [3.05, 3.63) is 66.7 Å². The Hall–Kier alpha value is -2.62. The van der Waals surface area contributed by atoms with E-state index in [0.29, 0.717) is 5.92 Å². The molecule has 0 bridgehead atoms. The van der Waals surface area contributed by atoms with E-state index in [1.54, 1.807) is 0 Å². The molecule has 1 amide bonds. The molecular formula is C20H21N3O. The first-order chi connectivity index (χ1) is 11.8. The molecular weight excluding hydrogens is 298 g/mol.